The molecule has 5 atom stereocenters. The van der Waals surface area contributed by atoms with E-state index in [-0.39, 0.29) is 47.6 Å². The number of nitrogens with one attached hydrogen (secondary N) is 1. The molecule has 1 saturated heterocycles. The third kappa shape index (κ3) is 3.80. The Morgan fingerprint density at radius 1 is 1.30 bits per heavy atom. The van der Waals surface area contributed by atoms with Crippen LogP contribution in [0.5, 0.6) is 0 Å². The predicted octanol–water partition coefficient (Wildman–Crippen LogP) is 2.43. The summed E-state index contributed by atoms with van der Waals surface area (Å²) in [5.74, 6) is -0.312. The predicted molar refractivity (Wildman–Crippen MR) is 120 cm³/mol. The van der Waals surface area contributed by atoms with E-state index in [4.69, 9.17) is 15.7 Å². The van der Waals surface area contributed by atoms with Gasteiger partial charge in [-0.2, -0.15) is 5.26 Å². The second kappa shape index (κ2) is 8.10. The zero-order valence-corrected chi connectivity index (χ0v) is 18.5. The van der Waals surface area contributed by atoms with Gasteiger partial charge in [-0.3, -0.25) is 9.36 Å². The van der Waals surface area contributed by atoms with Gasteiger partial charge in [-0.05, 0) is 43.9 Å². The van der Waals surface area contributed by atoms with E-state index in [1.807, 2.05) is 6.92 Å². The molecule has 1 saturated carbocycles. The molecule has 9 heteroatoms. The first-order chi connectivity index (χ1) is 15.8. The second-order valence-electron chi connectivity index (χ2n) is 9.57. The average Bonchev–Trinajstić information content (AvgIpc) is 3.39. The van der Waals surface area contributed by atoms with Gasteiger partial charge in [-0.25, -0.2) is 9.59 Å². The fraction of sp³-hybridized carbons (Fsp3) is 0.500. The highest BCUT2D eigenvalue weighted by Crippen LogP contribution is 2.43. The van der Waals surface area contributed by atoms with Crippen LogP contribution in [0.4, 0.5) is 4.79 Å². The van der Waals surface area contributed by atoms with E-state index in [2.05, 4.69) is 17.1 Å². The van der Waals surface area contributed by atoms with Crippen LogP contribution >= 0.6 is 0 Å². The maximum absolute atomic E-state index is 13.0. The summed E-state index contributed by atoms with van der Waals surface area (Å²) >= 11 is 0. The molecule has 2 aromatic rings. The second-order valence-corrected chi connectivity index (χ2v) is 9.57. The number of aromatic nitrogens is 2. The molecule has 2 amide bonds. The van der Waals surface area contributed by atoms with Crippen molar-refractivity contribution in [3.63, 3.8) is 0 Å². The van der Waals surface area contributed by atoms with Gasteiger partial charge in [-0.15, -0.1) is 0 Å². The molecular weight excluding hydrogens is 422 g/mol. The summed E-state index contributed by atoms with van der Waals surface area (Å²) in [5.41, 5.74) is 8.34. The number of hydrogen-bond acceptors (Lipinski definition) is 5. The Bertz CT molecular complexity index is 1250. The number of nitrogens with two attached hydrogens (primary N) is 1. The first-order valence-corrected chi connectivity index (χ1v) is 11.4. The molecule has 9 nitrogen and oxygen atoms in total. The number of hydrogen-bond donors (Lipinski definition) is 2. The van der Waals surface area contributed by atoms with Gasteiger partial charge in [0.05, 0.1) is 28.7 Å². The van der Waals surface area contributed by atoms with E-state index >= 15 is 0 Å². The van der Waals surface area contributed by atoms with Crippen molar-refractivity contribution in [2.75, 3.05) is 13.1 Å². The molecular formula is C24H27N5O4. The molecule has 0 spiro atoms. The molecule has 0 radical (unpaired) electrons. The number of nitriles is 1. The molecule has 2 bridgehead atoms. The number of ether oxygens (including phenoxy) is 1. The Balaban J connectivity index is 1.30. The number of carbonyl (C=O) groups is 2. The van der Waals surface area contributed by atoms with Crippen molar-refractivity contribution < 1.29 is 14.3 Å². The van der Waals surface area contributed by atoms with Crippen molar-refractivity contribution >= 4 is 23.0 Å². The minimum absolute atomic E-state index is 0.0838. The number of amides is 2. The quantitative estimate of drug-likeness (QED) is 0.694. The third-order valence-electron chi connectivity index (χ3n) is 7.37. The van der Waals surface area contributed by atoms with Crippen LogP contribution in [0.25, 0.3) is 11.0 Å². The van der Waals surface area contributed by atoms with E-state index < -0.39 is 0 Å². The molecule has 3 N–H and O–H groups in total. The lowest BCUT2D eigenvalue weighted by molar-refractivity contribution is -0.123. The van der Waals surface area contributed by atoms with Gasteiger partial charge in [0.25, 0.3) is 0 Å². The van der Waals surface area contributed by atoms with Crippen molar-refractivity contribution in [1.29, 1.82) is 5.26 Å². The zero-order chi connectivity index (χ0) is 23.3. The van der Waals surface area contributed by atoms with E-state index in [0.29, 0.717) is 43.4 Å². The Hall–Kier alpha value is -3.54. The zero-order valence-electron chi connectivity index (χ0n) is 18.5. The number of benzene rings is 1. The average molecular weight is 450 g/mol. The standard InChI is InChI=1S/C24H27N5O4/c1-13-6-15-7-16(10-17(8-15)22(26)30)21(13)33-24(32)28-5-4-18(12-28)29-20-3-2-14(11-25)9-19(20)27-23(29)31/h2-3,6,9,13,16-18,21H,4-5,7-8,10,12H2,1H3,(H2,26,30)(H,27,31). The number of H-pyrrole nitrogens is 1. The van der Waals surface area contributed by atoms with E-state index in [1.165, 1.54) is 5.57 Å². The van der Waals surface area contributed by atoms with Crippen molar-refractivity contribution in [3.05, 3.63) is 45.9 Å². The summed E-state index contributed by atoms with van der Waals surface area (Å²) in [6, 6.07) is 7.01. The Labute approximate surface area is 190 Å². The molecule has 5 unspecified atom stereocenters. The summed E-state index contributed by atoms with van der Waals surface area (Å²) in [6.45, 7) is 2.92. The van der Waals surface area contributed by atoms with Gasteiger partial charge in [0.1, 0.15) is 6.10 Å². The molecule has 172 valence electrons. The lowest BCUT2D eigenvalue weighted by Gasteiger charge is -2.41. The first-order valence-electron chi connectivity index (χ1n) is 11.4. The van der Waals surface area contributed by atoms with Crippen LogP contribution in [-0.4, -0.2) is 45.6 Å². The Kier molecular flexibility index (Phi) is 5.23. The van der Waals surface area contributed by atoms with Crippen molar-refractivity contribution in [2.24, 2.45) is 23.5 Å². The minimum atomic E-state index is -0.382. The van der Waals surface area contributed by atoms with Gasteiger partial charge in [0.2, 0.25) is 5.91 Å². The van der Waals surface area contributed by atoms with Gasteiger partial charge in [0.15, 0.2) is 0 Å². The largest absolute Gasteiger partial charge is 0.445 e. The van der Waals surface area contributed by atoms with Crippen LogP contribution in [0.15, 0.2) is 34.6 Å². The Morgan fingerprint density at radius 3 is 2.88 bits per heavy atom. The number of rotatable bonds is 3. The summed E-state index contributed by atoms with van der Waals surface area (Å²) in [5, 5.41) is 9.10. The van der Waals surface area contributed by atoms with Crippen molar-refractivity contribution in [1.82, 2.24) is 14.5 Å². The summed E-state index contributed by atoms with van der Waals surface area (Å²) in [6.07, 6.45) is 4.28. The molecule has 3 aliphatic rings. The summed E-state index contributed by atoms with van der Waals surface area (Å²) < 4.78 is 7.64. The normalized spacial score (nSPS) is 28.9. The molecule has 5 rings (SSSR count). The van der Waals surface area contributed by atoms with Gasteiger partial charge >= 0.3 is 11.8 Å². The number of carbonyl (C=O) groups excluding carboxylic acids is 2. The number of primary amides is 1. The van der Waals surface area contributed by atoms with E-state index in [9.17, 15) is 14.4 Å². The summed E-state index contributed by atoms with van der Waals surface area (Å²) in [7, 11) is 0. The summed E-state index contributed by atoms with van der Waals surface area (Å²) in [4.78, 5) is 41.9. The molecule has 1 aromatic carbocycles. The van der Waals surface area contributed by atoms with E-state index in [1.54, 1.807) is 27.7 Å². The van der Waals surface area contributed by atoms with Gasteiger partial charge in [0, 0.05) is 30.8 Å². The van der Waals surface area contributed by atoms with E-state index in [0.717, 1.165) is 11.9 Å². The SMILES string of the molecule is CC1C=C2CC(C(N)=O)CC(C2)C1OC(=O)N1CCC(n2c(=O)[nH]c3cc(C#N)ccc32)C1. The minimum Gasteiger partial charge on any atom is -0.445 e. The maximum Gasteiger partial charge on any atom is 0.410 e. The maximum atomic E-state index is 13.0. The van der Waals surface area contributed by atoms with Crippen LogP contribution in [0, 0.1) is 29.1 Å². The van der Waals surface area contributed by atoms with Crippen LogP contribution in [0.2, 0.25) is 0 Å². The van der Waals surface area contributed by atoms with Crippen LogP contribution in [0.1, 0.15) is 44.2 Å². The lowest BCUT2D eigenvalue weighted by atomic mass is 9.69. The Morgan fingerprint density at radius 2 is 2.12 bits per heavy atom. The molecule has 2 fully saturated rings. The van der Waals surface area contributed by atoms with Gasteiger partial charge < -0.3 is 20.4 Å². The number of nitrogens with zero attached hydrogens (tertiary/aromatic N) is 3. The van der Waals surface area contributed by atoms with Crippen LogP contribution in [0.3, 0.4) is 0 Å². The highest BCUT2D eigenvalue weighted by atomic mass is 16.6. The number of allylic oxidation sites excluding steroid dienone is 1. The monoisotopic (exact) mass is 449 g/mol. The van der Waals surface area contributed by atoms with Crippen LogP contribution < -0.4 is 11.4 Å². The number of likely N-dealkylation sites (tertiary alicyclic amines) is 1. The third-order valence-corrected chi connectivity index (χ3v) is 7.37. The van der Waals surface area contributed by atoms with Crippen molar-refractivity contribution in [3.8, 4) is 6.07 Å². The fourth-order valence-electron chi connectivity index (χ4n) is 5.84. The smallest absolute Gasteiger partial charge is 0.410 e. The highest BCUT2D eigenvalue weighted by Gasteiger charge is 2.41. The van der Waals surface area contributed by atoms with Crippen molar-refractivity contribution in [2.45, 2.75) is 44.8 Å². The molecule has 1 aromatic heterocycles. The topological polar surface area (TPSA) is 134 Å². The number of aromatic amines is 1. The molecule has 1 aliphatic heterocycles. The molecule has 2 heterocycles. The number of fused-ring (bicyclic) bond motifs is 3. The van der Waals surface area contributed by atoms with Crippen LogP contribution in [-0.2, 0) is 9.53 Å². The highest BCUT2D eigenvalue weighted by molar-refractivity contribution is 5.78. The molecule has 33 heavy (non-hydrogen) atoms. The fourth-order valence-corrected chi connectivity index (χ4v) is 5.84. The first kappa shape index (κ1) is 21.3. The molecule has 2 aliphatic carbocycles. The number of imidazole rings is 1. The van der Waals surface area contributed by atoms with Gasteiger partial charge in [-0.1, -0.05) is 18.6 Å². The lowest BCUT2D eigenvalue weighted by Crippen LogP contribution is -2.44.